The normalized spacial score (nSPS) is 17.2. The summed E-state index contributed by atoms with van der Waals surface area (Å²) in [5.74, 6) is 0.724. The van der Waals surface area contributed by atoms with Crippen molar-refractivity contribution in [2.45, 2.75) is 32.9 Å². The van der Waals surface area contributed by atoms with Crippen molar-refractivity contribution in [3.05, 3.63) is 59.5 Å². The van der Waals surface area contributed by atoms with Crippen LogP contribution in [0.1, 0.15) is 32.5 Å². The number of halogens is 2. The van der Waals surface area contributed by atoms with Crippen molar-refractivity contribution in [3.63, 3.8) is 0 Å². The zero-order valence-corrected chi connectivity index (χ0v) is 18.1. The molecule has 2 aromatic heterocycles. The van der Waals surface area contributed by atoms with Crippen LogP contribution in [0.2, 0.25) is 5.02 Å². The number of aromatic nitrogens is 4. The van der Waals surface area contributed by atoms with Crippen LogP contribution >= 0.6 is 11.6 Å². The van der Waals surface area contributed by atoms with E-state index in [4.69, 9.17) is 11.6 Å². The molecule has 2 amide bonds. The summed E-state index contributed by atoms with van der Waals surface area (Å²) in [5.41, 5.74) is 1.34. The fourth-order valence-electron chi connectivity index (χ4n) is 3.50. The van der Waals surface area contributed by atoms with Crippen molar-refractivity contribution >= 4 is 29.4 Å². The summed E-state index contributed by atoms with van der Waals surface area (Å²) in [7, 11) is 0. The van der Waals surface area contributed by atoms with E-state index in [2.05, 4.69) is 39.4 Å². The van der Waals surface area contributed by atoms with Crippen LogP contribution in [-0.4, -0.2) is 38.1 Å². The van der Waals surface area contributed by atoms with E-state index in [1.54, 1.807) is 40.3 Å². The standard InChI is InChI=1S/C21H23ClFN7O/c1-12(2)18-9-25-21(31)30(18)19-6-7-24-20(28-19)27-13(3)17-10-29(11-26-17)14-4-5-15(22)16(23)8-14/h4-8,10-13,18H,9H2,1-3H3,(H,25,31)(H,24,27,28)/t13?,18-/m1/s1. The molecule has 8 nitrogen and oxygen atoms in total. The Bertz CT molecular complexity index is 1100. The number of carbonyl (C=O) groups excluding carboxylic acids is 1. The summed E-state index contributed by atoms with van der Waals surface area (Å²) in [6.45, 7) is 6.65. The van der Waals surface area contributed by atoms with Crippen LogP contribution in [0.3, 0.4) is 0 Å². The largest absolute Gasteiger partial charge is 0.346 e. The second-order valence-corrected chi connectivity index (χ2v) is 8.18. The molecule has 1 fully saturated rings. The molecule has 3 heterocycles. The van der Waals surface area contributed by atoms with Crippen LogP contribution in [0.4, 0.5) is 21.0 Å². The Morgan fingerprint density at radius 2 is 2.06 bits per heavy atom. The highest BCUT2D eigenvalue weighted by Crippen LogP contribution is 2.25. The molecule has 0 saturated carbocycles. The van der Waals surface area contributed by atoms with E-state index in [-0.39, 0.29) is 29.1 Å². The van der Waals surface area contributed by atoms with Crippen LogP contribution in [0.25, 0.3) is 5.69 Å². The lowest BCUT2D eigenvalue weighted by Gasteiger charge is -2.25. The van der Waals surface area contributed by atoms with Gasteiger partial charge in [-0.25, -0.2) is 19.2 Å². The highest BCUT2D eigenvalue weighted by Gasteiger charge is 2.35. The third-order valence-electron chi connectivity index (χ3n) is 5.26. The van der Waals surface area contributed by atoms with Gasteiger partial charge in [-0.1, -0.05) is 25.4 Å². The Morgan fingerprint density at radius 1 is 1.26 bits per heavy atom. The number of imidazole rings is 1. The van der Waals surface area contributed by atoms with Crippen molar-refractivity contribution in [2.75, 3.05) is 16.8 Å². The number of hydrogen-bond acceptors (Lipinski definition) is 5. The molecule has 1 aromatic carbocycles. The van der Waals surface area contributed by atoms with E-state index in [1.807, 2.05) is 6.92 Å². The number of anilines is 2. The number of rotatable bonds is 6. The van der Waals surface area contributed by atoms with Gasteiger partial charge in [0.25, 0.3) is 0 Å². The lowest BCUT2D eigenvalue weighted by molar-refractivity contribution is 0.251. The van der Waals surface area contributed by atoms with E-state index >= 15 is 0 Å². The monoisotopic (exact) mass is 443 g/mol. The van der Waals surface area contributed by atoms with Crippen molar-refractivity contribution in [2.24, 2.45) is 5.92 Å². The second kappa shape index (κ2) is 8.50. The predicted molar refractivity (Wildman–Crippen MR) is 117 cm³/mol. The first kappa shape index (κ1) is 21.0. The van der Waals surface area contributed by atoms with Crippen LogP contribution in [0.15, 0.2) is 43.0 Å². The number of nitrogens with zero attached hydrogens (tertiary/aromatic N) is 5. The molecule has 1 saturated heterocycles. The quantitative estimate of drug-likeness (QED) is 0.596. The van der Waals surface area contributed by atoms with Crippen LogP contribution in [0, 0.1) is 11.7 Å². The van der Waals surface area contributed by atoms with E-state index in [9.17, 15) is 9.18 Å². The summed E-state index contributed by atoms with van der Waals surface area (Å²) in [6.07, 6.45) is 5.03. The molecule has 31 heavy (non-hydrogen) atoms. The summed E-state index contributed by atoms with van der Waals surface area (Å²) in [4.78, 5) is 27.2. The van der Waals surface area contributed by atoms with E-state index in [1.165, 1.54) is 12.1 Å². The highest BCUT2D eigenvalue weighted by molar-refractivity contribution is 6.30. The SMILES string of the molecule is CC(Nc1nccc(N2C(=O)NC[C@@H]2C(C)C)n1)c1cn(-c2ccc(Cl)c(F)c2)cn1. The van der Waals surface area contributed by atoms with Gasteiger partial charge in [0, 0.05) is 24.6 Å². The van der Waals surface area contributed by atoms with Gasteiger partial charge in [-0.3, -0.25) is 4.90 Å². The fourth-order valence-corrected chi connectivity index (χ4v) is 3.61. The predicted octanol–water partition coefficient (Wildman–Crippen LogP) is 4.18. The lowest BCUT2D eigenvalue weighted by Crippen LogP contribution is -2.38. The zero-order chi connectivity index (χ0) is 22.1. The maximum atomic E-state index is 13.8. The number of carbonyl (C=O) groups is 1. The first-order valence-corrected chi connectivity index (χ1v) is 10.4. The maximum Gasteiger partial charge on any atom is 0.323 e. The molecule has 0 bridgehead atoms. The molecule has 1 aliphatic rings. The van der Waals surface area contributed by atoms with Gasteiger partial charge in [-0.05, 0) is 37.1 Å². The average Bonchev–Trinajstić information content (AvgIpc) is 3.37. The fraction of sp³-hybridized carbons (Fsp3) is 0.333. The molecule has 1 aliphatic heterocycles. The number of amides is 2. The van der Waals surface area contributed by atoms with Gasteiger partial charge in [0.05, 0.1) is 29.1 Å². The number of hydrogen-bond donors (Lipinski definition) is 2. The van der Waals surface area contributed by atoms with Gasteiger partial charge in [-0.2, -0.15) is 4.98 Å². The van der Waals surface area contributed by atoms with E-state index < -0.39 is 5.82 Å². The smallest absolute Gasteiger partial charge is 0.323 e. The number of urea groups is 1. The maximum absolute atomic E-state index is 13.8. The topological polar surface area (TPSA) is 88.0 Å². The molecule has 1 unspecified atom stereocenters. The van der Waals surface area contributed by atoms with Crippen molar-refractivity contribution in [3.8, 4) is 5.69 Å². The first-order chi connectivity index (χ1) is 14.8. The Balaban J connectivity index is 1.51. The Morgan fingerprint density at radius 3 is 2.81 bits per heavy atom. The summed E-state index contributed by atoms with van der Waals surface area (Å²) in [6, 6.07) is 5.94. The Kier molecular flexibility index (Phi) is 5.77. The van der Waals surface area contributed by atoms with Crippen molar-refractivity contribution in [1.29, 1.82) is 0 Å². The molecule has 10 heteroatoms. The molecule has 3 aromatic rings. The highest BCUT2D eigenvalue weighted by atomic mass is 35.5. The van der Waals surface area contributed by atoms with Crippen LogP contribution in [-0.2, 0) is 0 Å². The second-order valence-electron chi connectivity index (χ2n) is 7.78. The Labute approximate surface area is 184 Å². The molecule has 4 rings (SSSR count). The van der Waals surface area contributed by atoms with Crippen LogP contribution < -0.4 is 15.5 Å². The van der Waals surface area contributed by atoms with Crippen molar-refractivity contribution < 1.29 is 9.18 Å². The minimum Gasteiger partial charge on any atom is -0.346 e. The molecule has 0 radical (unpaired) electrons. The van der Waals surface area contributed by atoms with Gasteiger partial charge in [-0.15, -0.1) is 0 Å². The molecule has 2 N–H and O–H groups in total. The molecule has 2 atom stereocenters. The van der Waals surface area contributed by atoms with Gasteiger partial charge in [0.1, 0.15) is 11.6 Å². The number of benzene rings is 1. The number of nitrogens with one attached hydrogen (secondary N) is 2. The summed E-state index contributed by atoms with van der Waals surface area (Å²) in [5, 5.41) is 6.16. The van der Waals surface area contributed by atoms with Gasteiger partial charge in [0.2, 0.25) is 5.95 Å². The Hall–Kier alpha value is -3.20. The summed E-state index contributed by atoms with van der Waals surface area (Å²) >= 11 is 5.76. The van der Waals surface area contributed by atoms with Crippen molar-refractivity contribution in [1.82, 2.24) is 24.8 Å². The zero-order valence-electron chi connectivity index (χ0n) is 17.4. The van der Waals surface area contributed by atoms with E-state index in [0.29, 0.717) is 24.0 Å². The van der Waals surface area contributed by atoms with Gasteiger partial charge < -0.3 is 15.2 Å². The first-order valence-electron chi connectivity index (χ1n) is 9.99. The minimum atomic E-state index is -0.489. The molecule has 0 aliphatic carbocycles. The van der Waals surface area contributed by atoms with Crippen LogP contribution in [0.5, 0.6) is 0 Å². The van der Waals surface area contributed by atoms with Gasteiger partial charge >= 0.3 is 6.03 Å². The average molecular weight is 444 g/mol. The third-order valence-corrected chi connectivity index (χ3v) is 5.57. The minimum absolute atomic E-state index is 0.0307. The molecular formula is C21H23ClFN7O. The molecule has 162 valence electrons. The summed E-state index contributed by atoms with van der Waals surface area (Å²) < 4.78 is 15.5. The van der Waals surface area contributed by atoms with Gasteiger partial charge in [0.15, 0.2) is 0 Å². The third kappa shape index (κ3) is 4.32. The van der Waals surface area contributed by atoms with E-state index in [0.717, 1.165) is 5.69 Å². The molecular weight excluding hydrogens is 421 g/mol. The molecule has 0 spiro atoms. The lowest BCUT2D eigenvalue weighted by atomic mass is 10.0.